The monoisotopic (exact) mass is 492 g/mol. The molecule has 0 aromatic heterocycles. The third-order valence-corrected chi connectivity index (χ3v) is 5.92. The maximum Gasteiger partial charge on any atom is 0.335 e. The van der Waals surface area contributed by atoms with Crippen molar-refractivity contribution >= 4 is 11.9 Å². The Morgan fingerprint density at radius 3 is 2.33 bits per heavy atom. The number of carbonyl (C=O) groups excluding carboxylic acids is 1. The van der Waals surface area contributed by atoms with Gasteiger partial charge in [-0.2, -0.15) is 0 Å². The molecular weight excluding hydrogens is 460 g/mol. The molecule has 0 spiro atoms. The number of β-amino-alcohol motifs (C(OH)–C–C–N with tert-alkyl or cyclic N) is 1. The predicted molar refractivity (Wildman–Crippen MR) is 136 cm³/mol. The molecule has 3 aromatic carbocycles. The first-order valence-corrected chi connectivity index (χ1v) is 11.6. The standard InChI is InChI=1S/C28H32N2O6/c1-28(2,30-16-25(33)21-10-11-24(32)23(13-21)17-31)14-19-4-3-5-22(12-19)26(34)29-15-18-6-8-20(9-7-18)27(35)36/h3-13,25,30-33H,14-17H2,1-2H3,(H,29,34)(H,35,36)/t25-/m1/s1. The van der Waals surface area contributed by atoms with Crippen LogP contribution in [-0.4, -0.2) is 44.4 Å². The lowest BCUT2D eigenvalue weighted by atomic mass is 9.93. The second kappa shape index (κ2) is 11.8. The van der Waals surface area contributed by atoms with Crippen molar-refractivity contribution in [3.8, 4) is 5.75 Å². The summed E-state index contributed by atoms with van der Waals surface area (Å²) >= 11 is 0. The van der Waals surface area contributed by atoms with Crippen molar-refractivity contribution in [1.82, 2.24) is 10.6 Å². The molecule has 8 nitrogen and oxygen atoms in total. The zero-order valence-electron chi connectivity index (χ0n) is 20.4. The molecule has 1 atom stereocenters. The average Bonchev–Trinajstić information content (AvgIpc) is 2.86. The number of rotatable bonds is 11. The van der Waals surface area contributed by atoms with Crippen LogP contribution in [0.25, 0.3) is 0 Å². The maximum atomic E-state index is 12.7. The Bertz CT molecular complexity index is 1210. The van der Waals surface area contributed by atoms with Crippen molar-refractivity contribution in [3.63, 3.8) is 0 Å². The number of hydrogen-bond acceptors (Lipinski definition) is 6. The van der Waals surface area contributed by atoms with Gasteiger partial charge in [-0.3, -0.25) is 4.79 Å². The lowest BCUT2D eigenvalue weighted by Crippen LogP contribution is -2.43. The number of aromatic carboxylic acids is 1. The van der Waals surface area contributed by atoms with Crippen LogP contribution in [0.2, 0.25) is 0 Å². The van der Waals surface area contributed by atoms with Gasteiger partial charge in [0.1, 0.15) is 5.75 Å². The Morgan fingerprint density at radius 2 is 1.67 bits per heavy atom. The molecule has 0 saturated carbocycles. The molecule has 0 heterocycles. The van der Waals surface area contributed by atoms with Crippen LogP contribution in [0.1, 0.15) is 62.9 Å². The van der Waals surface area contributed by atoms with E-state index >= 15 is 0 Å². The molecule has 0 bridgehead atoms. The highest BCUT2D eigenvalue weighted by Crippen LogP contribution is 2.23. The van der Waals surface area contributed by atoms with Gasteiger partial charge in [-0.1, -0.05) is 30.3 Å². The van der Waals surface area contributed by atoms with Crippen LogP contribution in [0.15, 0.2) is 66.7 Å². The first kappa shape index (κ1) is 26.9. The molecule has 190 valence electrons. The van der Waals surface area contributed by atoms with E-state index in [9.17, 15) is 24.9 Å². The number of hydrogen-bond donors (Lipinski definition) is 6. The van der Waals surface area contributed by atoms with Crippen LogP contribution >= 0.6 is 0 Å². The lowest BCUT2D eigenvalue weighted by Gasteiger charge is -2.28. The van der Waals surface area contributed by atoms with E-state index < -0.39 is 17.6 Å². The van der Waals surface area contributed by atoms with Crippen LogP contribution < -0.4 is 10.6 Å². The Balaban J connectivity index is 1.56. The summed E-state index contributed by atoms with van der Waals surface area (Å²) < 4.78 is 0. The largest absolute Gasteiger partial charge is 0.508 e. The fraction of sp³-hybridized carbons (Fsp3) is 0.286. The molecule has 0 fully saturated rings. The number of phenols is 1. The van der Waals surface area contributed by atoms with Gasteiger partial charge in [-0.05, 0) is 73.4 Å². The molecule has 3 rings (SSSR count). The predicted octanol–water partition coefficient (Wildman–Crippen LogP) is 3.16. The van der Waals surface area contributed by atoms with Gasteiger partial charge < -0.3 is 31.1 Å². The van der Waals surface area contributed by atoms with E-state index in [0.717, 1.165) is 11.1 Å². The highest BCUT2D eigenvalue weighted by atomic mass is 16.4. The van der Waals surface area contributed by atoms with E-state index in [4.69, 9.17) is 5.11 Å². The van der Waals surface area contributed by atoms with Crippen molar-refractivity contribution < 1.29 is 30.0 Å². The number of nitrogens with one attached hydrogen (secondary N) is 2. The lowest BCUT2D eigenvalue weighted by molar-refractivity contribution is 0.0696. The molecule has 1 amide bonds. The molecule has 0 aliphatic rings. The minimum Gasteiger partial charge on any atom is -0.508 e. The van der Waals surface area contributed by atoms with E-state index in [0.29, 0.717) is 23.1 Å². The first-order valence-electron chi connectivity index (χ1n) is 11.6. The molecule has 0 radical (unpaired) electrons. The van der Waals surface area contributed by atoms with Crippen LogP contribution in [0.4, 0.5) is 0 Å². The van der Waals surface area contributed by atoms with Crippen LogP contribution in [0.5, 0.6) is 5.75 Å². The average molecular weight is 493 g/mol. The summed E-state index contributed by atoms with van der Waals surface area (Å²) in [6.45, 7) is 4.24. The van der Waals surface area contributed by atoms with Gasteiger partial charge in [-0.25, -0.2) is 4.79 Å². The second-order valence-electron chi connectivity index (χ2n) is 9.39. The number of aromatic hydroxyl groups is 1. The second-order valence-corrected chi connectivity index (χ2v) is 9.39. The fourth-order valence-corrected chi connectivity index (χ4v) is 3.88. The highest BCUT2D eigenvalue weighted by Gasteiger charge is 2.21. The fourth-order valence-electron chi connectivity index (χ4n) is 3.88. The maximum absolute atomic E-state index is 12.7. The van der Waals surface area contributed by atoms with Gasteiger partial charge in [0, 0.05) is 29.8 Å². The van der Waals surface area contributed by atoms with Crippen molar-refractivity contribution in [2.24, 2.45) is 0 Å². The molecular formula is C28H32N2O6. The minimum absolute atomic E-state index is 0.0123. The van der Waals surface area contributed by atoms with Gasteiger partial charge in [-0.15, -0.1) is 0 Å². The third kappa shape index (κ3) is 7.39. The van der Waals surface area contributed by atoms with Crippen molar-refractivity contribution in [1.29, 1.82) is 0 Å². The van der Waals surface area contributed by atoms with Crippen LogP contribution in [-0.2, 0) is 19.6 Å². The van der Waals surface area contributed by atoms with Crippen LogP contribution in [0.3, 0.4) is 0 Å². The van der Waals surface area contributed by atoms with Crippen molar-refractivity contribution in [2.75, 3.05) is 6.54 Å². The molecule has 3 aromatic rings. The zero-order chi connectivity index (χ0) is 26.3. The Hall–Kier alpha value is -3.72. The first-order chi connectivity index (χ1) is 17.1. The minimum atomic E-state index is -0.995. The topological polar surface area (TPSA) is 139 Å². The molecule has 6 N–H and O–H groups in total. The summed E-state index contributed by atoms with van der Waals surface area (Å²) in [5.74, 6) is -1.24. The summed E-state index contributed by atoms with van der Waals surface area (Å²) in [5.41, 5.74) is 3.03. The molecule has 0 aliphatic heterocycles. The Kier molecular flexibility index (Phi) is 8.82. The van der Waals surface area contributed by atoms with Gasteiger partial charge in [0.25, 0.3) is 5.91 Å². The van der Waals surface area contributed by atoms with E-state index in [1.807, 2.05) is 32.0 Å². The number of carboxylic acid groups (broad SMARTS) is 1. The summed E-state index contributed by atoms with van der Waals surface area (Å²) in [5, 5.41) is 44.8. The molecule has 36 heavy (non-hydrogen) atoms. The summed E-state index contributed by atoms with van der Waals surface area (Å²) in [6, 6.07) is 18.3. The number of benzene rings is 3. The summed E-state index contributed by atoms with van der Waals surface area (Å²) in [7, 11) is 0. The molecule has 8 heteroatoms. The third-order valence-electron chi connectivity index (χ3n) is 5.92. The van der Waals surface area contributed by atoms with Crippen LogP contribution in [0, 0.1) is 0 Å². The number of amides is 1. The van der Waals surface area contributed by atoms with Gasteiger partial charge >= 0.3 is 5.97 Å². The van der Waals surface area contributed by atoms with Crippen molar-refractivity contribution in [2.45, 2.75) is 45.1 Å². The quantitative estimate of drug-likeness (QED) is 0.242. The Morgan fingerprint density at radius 1 is 0.944 bits per heavy atom. The smallest absolute Gasteiger partial charge is 0.335 e. The molecule has 0 unspecified atom stereocenters. The summed E-state index contributed by atoms with van der Waals surface area (Å²) in [6.07, 6.45) is -0.216. The molecule has 0 aliphatic carbocycles. The van der Waals surface area contributed by atoms with Gasteiger partial charge in [0.15, 0.2) is 0 Å². The van der Waals surface area contributed by atoms with Crippen molar-refractivity contribution in [3.05, 3.63) is 100 Å². The van der Waals surface area contributed by atoms with E-state index in [2.05, 4.69) is 10.6 Å². The number of carboxylic acids is 1. The highest BCUT2D eigenvalue weighted by molar-refractivity contribution is 5.94. The zero-order valence-corrected chi connectivity index (χ0v) is 20.4. The van der Waals surface area contributed by atoms with E-state index in [-0.39, 0.29) is 36.9 Å². The normalized spacial score (nSPS) is 12.2. The number of aliphatic hydroxyl groups excluding tert-OH is 2. The van der Waals surface area contributed by atoms with E-state index in [1.165, 1.54) is 18.2 Å². The number of aliphatic hydroxyl groups is 2. The Labute approximate surface area is 210 Å². The van der Waals surface area contributed by atoms with Gasteiger partial charge in [0.2, 0.25) is 0 Å². The van der Waals surface area contributed by atoms with Gasteiger partial charge in [0.05, 0.1) is 18.3 Å². The molecule has 0 saturated heterocycles. The number of carbonyl (C=O) groups is 2. The van der Waals surface area contributed by atoms with E-state index in [1.54, 1.807) is 30.3 Å². The SMILES string of the molecule is CC(C)(Cc1cccc(C(=O)NCc2ccc(C(=O)O)cc2)c1)NC[C@@H](O)c1ccc(O)c(CO)c1. The summed E-state index contributed by atoms with van der Waals surface area (Å²) in [4.78, 5) is 23.6.